The Bertz CT molecular complexity index is 553. The number of alkyl halides is 3. The smallest absolute Gasteiger partial charge is 0.421 e. The predicted molar refractivity (Wildman–Crippen MR) is 64.4 cm³/mol. The number of benzene rings is 1. The number of aromatic nitrogens is 1. The third-order valence-corrected chi connectivity index (χ3v) is 2.43. The van der Waals surface area contributed by atoms with E-state index in [9.17, 15) is 13.2 Å². The standard InChI is InChI=1S/C13H11F3N2O/c14-13(15,16)11-2-1-7-18-12(11)19-8-9-3-5-10(17)6-4-9/h1-7H,8,17H2. The molecule has 19 heavy (non-hydrogen) atoms. The maximum absolute atomic E-state index is 12.7. The molecular formula is C13H11F3N2O. The van der Waals surface area contributed by atoms with Crippen molar-refractivity contribution in [3.8, 4) is 5.88 Å². The number of rotatable bonds is 3. The van der Waals surface area contributed by atoms with Crippen LogP contribution in [-0.4, -0.2) is 4.98 Å². The Labute approximate surface area is 107 Å². The van der Waals surface area contributed by atoms with Gasteiger partial charge in [-0.1, -0.05) is 12.1 Å². The summed E-state index contributed by atoms with van der Waals surface area (Å²) in [5.41, 5.74) is 5.93. The monoisotopic (exact) mass is 268 g/mol. The van der Waals surface area contributed by atoms with Crippen molar-refractivity contribution in [1.29, 1.82) is 0 Å². The molecule has 0 unspecified atom stereocenters. The fraction of sp³-hybridized carbons (Fsp3) is 0.154. The van der Waals surface area contributed by atoms with E-state index in [0.29, 0.717) is 11.3 Å². The summed E-state index contributed by atoms with van der Waals surface area (Å²) in [7, 11) is 0. The number of halogens is 3. The van der Waals surface area contributed by atoms with E-state index in [4.69, 9.17) is 10.5 Å². The van der Waals surface area contributed by atoms with Crippen LogP contribution >= 0.6 is 0 Å². The Balaban J connectivity index is 2.14. The molecular weight excluding hydrogens is 257 g/mol. The third-order valence-electron chi connectivity index (χ3n) is 2.43. The Morgan fingerprint density at radius 1 is 1.11 bits per heavy atom. The number of nitrogen functional groups attached to an aromatic ring is 1. The van der Waals surface area contributed by atoms with Crippen molar-refractivity contribution in [3.63, 3.8) is 0 Å². The number of nitrogens with two attached hydrogens (primary N) is 1. The van der Waals surface area contributed by atoms with Gasteiger partial charge in [-0.2, -0.15) is 13.2 Å². The van der Waals surface area contributed by atoms with E-state index in [-0.39, 0.29) is 6.61 Å². The van der Waals surface area contributed by atoms with E-state index in [1.165, 1.54) is 12.3 Å². The lowest BCUT2D eigenvalue weighted by Crippen LogP contribution is -2.09. The lowest BCUT2D eigenvalue weighted by Gasteiger charge is -2.12. The summed E-state index contributed by atoms with van der Waals surface area (Å²) in [6, 6.07) is 8.84. The van der Waals surface area contributed by atoms with E-state index in [1.54, 1.807) is 24.3 Å². The predicted octanol–water partition coefficient (Wildman–Crippen LogP) is 3.26. The van der Waals surface area contributed by atoms with Gasteiger partial charge in [0.25, 0.3) is 0 Å². The number of anilines is 1. The molecule has 1 heterocycles. The van der Waals surface area contributed by atoms with E-state index in [2.05, 4.69) is 4.98 Å². The molecule has 0 amide bonds. The summed E-state index contributed by atoms with van der Waals surface area (Å²) < 4.78 is 43.2. The maximum atomic E-state index is 12.7. The second kappa shape index (κ2) is 5.17. The molecule has 0 aliphatic rings. The van der Waals surface area contributed by atoms with Crippen LogP contribution in [0.2, 0.25) is 0 Å². The van der Waals surface area contributed by atoms with Crippen molar-refractivity contribution >= 4 is 5.69 Å². The summed E-state index contributed by atoms with van der Waals surface area (Å²) >= 11 is 0. The fourth-order valence-corrected chi connectivity index (χ4v) is 1.49. The molecule has 6 heteroatoms. The average molecular weight is 268 g/mol. The van der Waals surface area contributed by atoms with Gasteiger partial charge in [-0.05, 0) is 29.8 Å². The molecule has 2 aromatic rings. The number of hydrogen-bond donors (Lipinski definition) is 1. The molecule has 1 aromatic heterocycles. The molecule has 3 nitrogen and oxygen atoms in total. The van der Waals surface area contributed by atoms with E-state index in [1.807, 2.05) is 0 Å². The SMILES string of the molecule is Nc1ccc(COc2ncccc2C(F)(F)F)cc1. The molecule has 0 atom stereocenters. The second-order valence-corrected chi connectivity index (χ2v) is 3.88. The van der Waals surface area contributed by atoms with Crippen molar-refractivity contribution in [2.45, 2.75) is 12.8 Å². The van der Waals surface area contributed by atoms with Gasteiger partial charge < -0.3 is 10.5 Å². The first-order valence-corrected chi connectivity index (χ1v) is 5.46. The first-order valence-electron chi connectivity index (χ1n) is 5.46. The quantitative estimate of drug-likeness (QED) is 0.869. The van der Waals surface area contributed by atoms with Crippen LogP contribution in [0.1, 0.15) is 11.1 Å². The minimum Gasteiger partial charge on any atom is -0.472 e. The Kier molecular flexibility index (Phi) is 3.59. The van der Waals surface area contributed by atoms with Gasteiger partial charge in [0.05, 0.1) is 0 Å². The third kappa shape index (κ3) is 3.37. The first kappa shape index (κ1) is 13.2. The molecule has 0 aliphatic carbocycles. The van der Waals surface area contributed by atoms with E-state index >= 15 is 0 Å². The normalized spacial score (nSPS) is 11.3. The van der Waals surface area contributed by atoms with Crippen molar-refractivity contribution in [1.82, 2.24) is 4.98 Å². The van der Waals surface area contributed by atoms with Crippen LogP contribution in [0.4, 0.5) is 18.9 Å². The van der Waals surface area contributed by atoms with Gasteiger partial charge in [-0.3, -0.25) is 0 Å². The zero-order valence-corrected chi connectivity index (χ0v) is 9.82. The van der Waals surface area contributed by atoms with Crippen LogP contribution in [0.3, 0.4) is 0 Å². The highest BCUT2D eigenvalue weighted by atomic mass is 19.4. The minimum atomic E-state index is -4.48. The number of ether oxygens (including phenoxy) is 1. The minimum absolute atomic E-state index is 0.000370. The van der Waals surface area contributed by atoms with Crippen LogP contribution in [0.15, 0.2) is 42.6 Å². The molecule has 100 valence electrons. The van der Waals surface area contributed by atoms with Crippen LogP contribution in [-0.2, 0) is 12.8 Å². The highest BCUT2D eigenvalue weighted by Gasteiger charge is 2.34. The van der Waals surface area contributed by atoms with Crippen molar-refractivity contribution in [2.24, 2.45) is 0 Å². The highest BCUT2D eigenvalue weighted by Crippen LogP contribution is 2.34. The highest BCUT2D eigenvalue weighted by molar-refractivity contribution is 5.39. The van der Waals surface area contributed by atoms with Gasteiger partial charge in [-0.25, -0.2) is 4.98 Å². The molecule has 0 spiro atoms. The summed E-state index contributed by atoms with van der Waals surface area (Å²) in [5.74, 6) is -0.424. The van der Waals surface area contributed by atoms with Gasteiger partial charge >= 0.3 is 6.18 Å². The lowest BCUT2D eigenvalue weighted by atomic mass is 10.2. The van der Waals surface area contributed by atoms with Gasteiger partial charge in [0, 0.05) is 11.9 Å². The van der Waals surface area contributed by atoms with Crippen molar-refractivity contribution < 1.29 is 17.9 Å². The van der Waals surface area contributed by atoms with E-state index < -0.39 is 17.6 Å². The van der Waals surface area contributed by atoms with Crippen LogP contribution in [0.5, 0.6) is 5.88 Å². The molecule has 0 fully saturated rings. The number of nitrogens with zero attached hydrogens (tertiary/aromatic N) is 1. The Morgan fingerprint density at radius 3 is 2.42 bits per heavy atom. The zero-order chi connectivity index (χ0) is 13.9. The fourth-order valence-electron chi connectivity index (χ4n) is 1.49. The van der Waals surface area contributed by atoms with Gasteiger partial charge in [0.2, 0.25) is 5.88 Å². The summed E-state index contributed by atoms with van der Waals surface area (Å²) in [6.45, 7) is 0.000370. The molecule has 0 aliphatic heterocycles. The Morgan fingerprint density at radius 2 is 1.79 bits per heavy atom. The zero-order valence-electron chi connectivity index (χ0n) is 9.82. The second-order valence-electron chi connectivity index (χ2n) is 3.88. The molecule has 0 saturated carbocycles. The first-order chi connectivity index (χ1) is 8.97. The van der Waals surface area contributed by atoms with Crippen molar-refractivity contribution in [3.05, 3.63) is 53.7 Å². The molecule has 2 rings (SSSR count). The van der Waals surface area contributed by atoms with Gasteiger partial charge in [-0.15, -0.1) is 0 Å². The molecule has 2 N–H and O–H groups in total. The molecule has 1 aromatic carbocycles. The molecule has 0 bridgehead atoms. The summed E-state index contributed by atoms with van der Waals surface area (Å²) in [5, 5.41) is 0. The van der Waals surface area contributed by atoms with Crippen LogP contribution < -0.4 is 10.5 Å². The summed E-state index contributed by atoms with van der Waals surface area (Å²) in [6.07, 6.45) is -3.22. The molecule has 0 radical (unpaired) electrons. The van der Waals surface area contributed by atoms with Gasteiger partial charge in [0.15, 0.2) is 0 Å². The maximum Gasteiger partial charge on any atom is 0.421 e. The largest absolute Gasteiger partial charge is 0.472 e. The summed E-state index contributed by atoms with van der Waals surface area (Å²) in [4.78, 5) is 3.61. The van der Waals surface area contributed by atoms with Crippen LogP contribution in [0, 0.1) is 0 Å². The van der Waals surface area contributed by atoms with Crippen molar-refractivity contribution in [2.75, 3.05) is 5.73 Å². The van der Waals surface area contributed by atoms with Crippen LogP contribution in [0.25, 0.3) is 0 Å². The van der Waals surface area contributed by atoms with Gasteiger partial charge in [0.1, 0.15) is 12.2 Å². The molecule has 0 saturated heterocycles. The van der Waals surface area contributed by atoms with E-state index in [0.717, 1.165) is 6.07 Å². The number of pyridine rings is 1. The average Bonchev–Trinajstić information content (AvgIpc) is 2.37. The Hall–Kier alpha value is -2.24. The topological polar surface area (TPSA) is 48.1 Å². The lowest BCUT2D eigenvalue weighted by molar-refractivity contribution is -0.139. The number of hydrogen-bond acceptors (Lipinski definition) is 3.